The van der Waals surface area contributed by atoms with Crippen molar-refractivity contribution >= 4 is 5.78 Å². The third-order valence-electron chi connectivity index (χ3n) is 3.05. The molecule has 2 nitrogen and oxygen atoms in total. The maximum Gasteiger partial charge on any atom is 0.151 e. The molecular weight excluding hydrogens is 222 g/mol. The van der Waals surface area contributed by atoms with Gasteiger partial charge in [0.1, 0.15) is 0 Å². The Morgan fingerprint density at radius 3 is 2.00 bits per heavy atom. The molecule has 0 saturated carbocycles. The van der Waals surface area contributed by atoms with Gasteiger partial charge in [0.25, 0.3) is 0 Å². The Labute approximate surface area is 108 Å². The Morgan fingerprint density at radius 1 is 0.944 bits per heavy atom. The van der Waals surface area contributed by atoms with Crippen LogP contribution in [0.5, 0.6) is 0 Å². The van der Waals surface area contributed by atoms with Crippen LogP contribution in [0.15, 0.2) is 54.6 Å². The zero-order valence-corrected chi connectivity index (χ0v) is 10.7. The van der Waals surface area contributed by atoms with Gasteiger partial charge in [0.15, 0.2) is 5.78 Å². The third kappa shape index (κ3) is 2.66. The normalized spacial score (nSPS) is 12.1. The standard InChI is InChI=1S/C16H17NO/c1-12(18)16(17-2)15-10-8-14(9-11-15)13-6-4-3-5-7-13/h3-11,16-17H,1-2H3. The van der Waals surface area contributed by atoms with Gasteiger partial charge in [-0.3, -0.25) is 4.79 Å². The van der Waals surface area contributed by atoms with Crippen molar-refractivity contribution in [3.8, 4) is 11.1 Å². The zero-order valence-electron chi connectivity index (χ0n) is 10.7. The van der Waals surface area contributed by atoms with E-state index < -0.39 is 0 Å². The molecule has 1 atom stereocenters. The van der Waals surface area contributed by atoms with Crippen molar-refractivity contribution in [2.75, 3.05) is 7.05 Å². The van der Waals surface area contributed by atoms with Crippen LogP contribution in [0.3, 0.4) is 0 Å². The SMILES string of the molecule is CNC(C(C)=O)c1ccc(-c2ccccc2)cc1. The molecule has 2 aromatic rings. The van der Waals surface area contributed by atoms with E-state index in [0.717, 1.165) is 11.1 Å². The number of hydrogen-bond donors (Lipinski definition) is 1. The van der Waals surface area contributed by atoms with Crippen LogP contribution in [0.1, 0.15) is 18.5 Å². The molecule has 0 saturated heterocycles. The minimum absolute atomic E-state index is 0.130. The van der Waals surface area contributed by atoms with Gasteiger partial charge in [-0.05, 0) is 30.7 Å². The summed E-state index contributed by atoms with van der Waals surface area (Å²) >= 11 is 0. The summed E-state index contributed by atoms with van der Waals surface area (Å²) in [7, 11) is 1.80. The van der Waals surface area contributed by atoms with Gasteiger partial charge in [0, 0.05) is 0 Å². The lowest BCUT2D eigenvalue weighted by atomic mass is 9.99. The van der Waals surface area contributed by atoms with Gasteiger partial charge in [-0.25, -0.2) is 0 Å². The quantitative estimate of drug-likeness (QED) is 0.887. The highest BCUT2D eigenvalue weighted by molar-refractivity contribution is 5.83. The largest absolute Gasteiger partial charge is 0.307 e. The molecule has 1 N–H and O–H groups in total. The molecule has 0 fully saturated rings. The van der Waals surface area contributed by atoms with E-state index in [1.54, 1.807) is 14.0 Å². The van der Waals surface area contributed by atoms with Crippen LogP contribution in [0, 0.1) is 0 Å². The predicted octanol–water partition coefficient (Wildman–Crippen LogP) is 3.20. The Kier molecular flexibility index (Phi) is 3.90. The van der Waals surface area contributed by atoms with E-state index in [4.69, 9.17) is 0 Å². The van der Waals surface area contributed by atoms with Crippen LogP contribution in [0.4, 0.5) is 0 Å². The molecule has 2 heteroatoms. The number of Topliss-reactive ketones (excluding diaryl/α,β-unsaturated/α-hetero) is 1. The first-order valence-electron chi connectivity index (χ1n) is 6.05. The van der Waals surface area contributed by atoms with Crippen LogP contribution in [-0.2, 0) is 4.79 Å². The topological polar surface area (TPSA) is 29.1 Å². The highest BCUT2D eigenvalue weighted by atomic mass is 16.1. The predicted molar refractivity (Wildman–Crippen MR) is 74.4 cm³/mol. The van der Waals surface area contributed by atoms with Gasteiger partial charge in [-0.1, -0.05) is 54.6 Å². The summed E-state index contributed by atoms with van der Waals surface area (Å²) in [5.41, 5.74) is 3.36. The summed E-state index contributed by atoms with van der Waals surface area (Å²) in [5.74, 6) is 0.130. The molecule has 92 valence electrons. The molecule has 18 heavy (non-hydrogen) atoms. The van der Waals surface area contributed by atoms with E-state index in [1.807, 2.05) is 30.3 Å². The lowest BCUT2D eigenvalue weighted by Crippen LogP contribution is -2.23. The number of hydrogen-bond acceptors (Lipinski definition) is 2. The fourth-order valence-corrected chi connectivity index (χ4v) is 2.10. The van der Waals surface area contributed by atoms with Crippen molar-refractivity contribution in [2.45, 2.75) is 13.0 Å². The maximum absolute atomic E-state index is 11.5. The first-order chi connectivity index (χ1) is 8.72. The molecule has 0 spiro atoms. The van der Waals surface area contributed by atoms with Crippen molar-refractivity contribution in [3.05, 3.63) is 60.2 Å². The molecule has 0 aliphatic carbocycles. The number of carbonyl (C=O) groups excluding carboxylic acids is 1. The Hall–Kier alpha value is -1.93. The fourth-order valence-electron chi connectivity index (χ4n) is 2.10. The second-order valence-electron chi connectivity index (χ2n) is 4.32. The highest BCUT2D eigenvalue weighted by Gasteiger charge is 2.13. The lowest BCUT2D eigenvalue weighted by Gasteiger charge is -2.13. The van der Waals surface area contributed by atoms with Gasteiger partial charge in [0.2, 0.25) is 0 Å². The molecule has 0 aromatic heterocycles. The molecule has 0 aliphatic heterocycles. The first kappa shape index (κ1) is 12.5. The van der Waals surface area contributed by atoms with Crippen molar-refractivity contribution in [1.82, 2.24) is 5.32 Å². The molecular formula is C16H17NO. The van der Waals surface area contributed by atoms with Gasteiger partial charge in [0.05, 0.1) is 6.04 Å². The van der Waals surface area contributed by atoms with Crippen molar-refractivity contribution in [3.63, 3.8) is 0 Å². The van der Waals surface area contributed by atoms with E-state index >= 15 is 0 Å². The summed E-state index contributed by atoms with van der Waals surface area (Å²) in [6, 6.07) is 18.1. The van der Waals surface area contributed by atoms with Crippen LogP contribution >= 0.6 is 0 Å². The minimum atomic E-state index is -0.213. The smallest absolute Gasteiger partial charge is 0.151 e. The Bertz CT molecular complexity index is 517. The fraction of sp³-hybridized carbons (Fsp3) is 0.188. The van der Waals surface area contributed by atoms with E-state index in [1.165, 1.54) is 5.56 Å². The molecule has 2 aromatic carbocycles. The van der Waals surface area contributed by atoms with Crippen LogP contribution < -0.4 is 5.32 Å². The van der Waals surface area contributed by atoms with Gasteiger partial charge in [-0.15, -0.1) is 0 Å². The first-order valence-corrected chi connectivity index (χ1v) is 6.05. The summed E-state index contributed by atoms with van der Waals surface area (Å²) in [6.07, 6.45) is 0. The molecule has 0 heterocycles. The van der Waals surface area contributed by atoms with E-state index in [-0.39, 0.29) is 11.8 Å². The van der Waals surface area contributed by atoms with E-state index in [0.29, 0.717) is 0 Å². The number of ketones is 1. The third-order valence-corrected chi connectivity index (χ3v) is 3.05. The average molecular weight is 239 g/mol. The summed E-state index contributed by atoms with van der Waals surface area (Å²) in [4.78, 5) is 11.5. The highest BCUT2D eigenvalue weighted by Crippen LogP contribution is 2.22. The van der Waals surface area contributed by atoms with Gasteiger partial charge in [-0.2, -0.15) is 0 Å². The Balaban J connectivity index is 2.28. The van der Waals surface area contributed by atoms with Crippen molar-refractivity contribution < 1.29 is 4.79 Å². The van der Waals surface area contributed by atoms with Crippen molar-refractivity contribution in [2.24, 2.45) is 0 Å². The van der Waals surface area contributed by atoms with E-state index in [2.05, 4.69) is 29.6 Å². The molecule has 2 rings (SSSR count). The minimum Gasteiger partial charge on any atom is -0.307 e. The number of benzene rings is 2. The summed E-state index contributed by atoms with van der Waals surface area (Å²) < 4.78 is 0. The second kappa shape index (κ2) is 5.61. The van der Waals surface area contributed by atoms with Crippen LogP contribution in [-0.4, -0.2) is 12.8 Å². The van der Waals surface area contributed by atoms with Crippen LogP contribution in [0.2, 0.25) is 0 Å². The number of rotatable bonds is 4. The molecule has 1 unspecified atom stereocenters. The second-order valence-corrected chi connectivity index (χ2v) is 4.32. The van der Waals surface area contributed by atoms with Gasteiger partial charge >= 0.3 is 0 Å². The maximum atomic E-state index is 11.5. The molecule has 0 bridgehead atoms. The molecule has 0 radical (unpaired) electrons. The zero-order chi connectivity index (χ0) is 13.0. The average Bonchev–Trinajstić information content (AvgIpc) is 2.41. The molecule has 0 aliphatic rings. The number of likely N-dealkylation sites (N-methyl/N-ethyl adjacent to an activating group) is 1. The lowest BCUT2D eigenvalue weighted by molar-refractivity contribution is -0.119. The summed E-state index contributed by atoms with van der Waals surface area (Å²) in [5, 5.41) is 3.03. The van der Waals surface area contributed by atoms with Crippen LogP contribution in [0.25, 0.3) is 11.1 Å². The number of nitrogens with one attached hydrogen (secondary N) is 1. The number of carbonyl (C=O) groups is 1. The monoisotopic (exact) mass is 239 g/mol. The van der Waals surface area contributed by atoms with Crippen molar-refractivity contribution in [1.29, 1.82) is 0 Å². The van der Waals surface area contributed by atoms with E-state index in [9.17, 15) is 4.79 Å². The van der Waals surface area contributed by atoms with Gasteiger partial charge < -0.3 is 5.32 Å². The Morgan fingerprint density at radius 2 is 1.50 bits per heavy atom. The summed E-state index contributed by atoms with van der Waals surface area (Å²) in [6.45, 7) is 1.60. The molecule has 0 amide bonds.